The quantitative estimate of drug-likeness (QED) is 0.479. The van der Waals surface area contributed by atoms with Gasteiger partial charge in [-0.15, -0.1) is 10.2 Å². The van der Waals surface area contributed by atoms with Crippen LogP contribution in [0.4, 0.5) is 4.39 Å². The van der Waals surface area contributed by atoms with Gasteiger partial charge >= 0.3 is 0 Å². The first-order valence-corrected chi connectivity index (χ1v) is 9.80. The molecule has 0 atom stereocenters. The van der Waals surface area contributed by atoms with Crippen LogP contribution in [-0.2, 0) is 12.8 Å². The van der Waals surface area contributed by atoms with Crippen LogP contribution in [0.2, 0.25) is 0 Å². The van der Waals surface area contributed by atoms with Crippen molar-refractivity contribution in [2.75, 3.05) is 21.2 Å². The zero-order valence-electron chi connectivity index (χ0n) is 17.5. The first-order chi connectivity index (χ1) is 15.0. The fraction of sp³-hybridized carbons (Fsp3) is 0.217. The van der Waals surface area contributed by atoms with Crippen LogP contribution in [0.5, 0.6) is 5.75 Å². The lowest BCUT2D eigenvalue weighted by Crippen LogP contribution is -2.22. The third kappa shape index (κ3) is 3.96. The number of carbonyl (C=O) groups excluding carboxylic acids is 1. The Morgan fingerprint density at radius 3 is 2.68 bits per heavy atom. The maximum atomic E-state index is 14.3. The SMILES string of the molecule is COc1cccc(F)c1CCc1ccc(-c2ccc(C(=O)N(C)C)nc2)c2nncn12. The van der Waals surface area contributed by atoms with Crippen molar-refractivity contribution in [2.24, 2.45) is 0 Å². The van der Waals surface area contributed by atoms with Crippen molar-refractivity contribution in [3.8, 4) is 16.9 Å². The lowest BCUT2D eigenvalue weighted by atomic mass is 10.0. The molecule has 4 rings (SSSR count). The van der Waals surface area contributed by atoms with Crippen LogP contribution in [0.25, 0.3) is 16.8 Å². The molecule has 0 unspecified atom stereocenters. The van der Waals surface area contributed by atoms with Crippen LogP contribution in [0.1, 0.15) is 21.7 Å². The molecule has 0 N–H and O–H groups in total. The maximum Gasteiger partial charge on any atom is 0.271 e. The van der Waals surface area contributed by atoms with Gasteiger partial charge in [0.05, 0.1) is 7.11 Å². The number of amides is 1. The monoisotopic (exact) mass is 419 g/mol. The Labute approximate surface area is 179 Å². The second-order valence-corrected chi connectivity index (χ2v) is 7.32. The van der Waals surface area contributed by atoms with Gasteiger partial charge in [0.1, 0.15) is 23.6 Å². The van der Waals surface area contributed by atoms with Crippen LogP contribution >= 0.6 is 0 Å². The van der Waals surface area contributed by atoms with Gasteiger partial charge in [-0.05, 0) is 43.2 Å². The standard InChI is InChI=1S/C23H22FN5O2/c1-28(2)23(30)20-12-7-15(13-25-20)17-10-8-16(29-14-26-27-22(17)29)9-11-18-19(24)5-4-6-21(18)31-3/h4-8,10,12-14H,9,11H2,1-3H3. The summed E-state index contributed by atoms with van der Waals surface area (Å²) in [6.07, 6.45) is 4.36. The Morgan fingerprint density at radius 1 is 1.13 bits per heavy atom. The minimum atomic E-state index is -0.283. The number of benzene rings is 1. The molecule has 0 radical (unpaired) electrons. The van der Waals surface area contributed by atoms with Gasteiger partial charge in [-0.3, -0.25) is 14.2 Å². The van der Waals surface area contributed by atoms with E-state index >= 15 is 0 Å². The van der Waals surface area contributed by atoms with Crippen LogP contribution in [0, 0.1) is 5.82 Å². The minimum Gasteiger partial charge on any atom is -0.496 e. The van der Waals surface area contributed by atoms with Gasteiger partial charge in [0, 0.05) is 42.7 Å². The number of methoxy groups -OCH3 is 1. The highest BCUT2D eigenvalue weighted by molar-refractivity contribution is 5.92. The number of carbonyl (C=O) groups is 1. The Balaban J connectivity index is 1.63. The lowest BCUT2D eigenvalue weighted by Gasteiger charge is -2.12. The summed E-state index contributed by atoms with van der Waals surface area (Å²) in [4.78, 5) is 17.8. The molecule has 158 valence electrons. The third-order valence-electron chi connectivity index (χ3n) is 5.17. The highest BCUT2D eigenvalue weighted by atomic mass is 19.1. The Kier molecular flexibility index (Phi) is 5.62. The molecule has 3 heterocycles. The molecule has 0 bridgehead atoms. The highest BCUT2D eigenvalue weighted by Crippen LogP contribution is 2.26. The van der Waals surface area contributed by atoms with Crippen LogP contribution in [0.15, 0.2) is 55.0 Å². The summed E-state index contributed by atoms with van der Waals surface area (Å²) in [6, 6.07) is 12.3. The van der Waals surface area contributed by atoms with Gasteiger partial charge in [-0.1, -0.05) is 12.1 Å². The summed E-state index contributed by atoms with van der Waals surface area (Å²) in [5.41, 5.74) is 4.21. The Morgan fingerprint density at radius 2 is 1.97 bits per heavy atom. The first kappa shape index (κ1) is 20.5. The van der Waals surface area contributed by atoms with Gasteiger partial charge in [0.2, 0.25) is 0 Å². The second-order valence-electron chi connectivity index (χ2n) is 7.32. The van der Waals surface area contributed by atoms with E-state index in [4.69, 9.17) is 4.74 Å². The molecule has 0 aliphatic heterocycles. The van der Waals surface area contributed by atoms with Crippen LogP contribution < -0.4 is 4.74 Å². The summed E-state index contributed by atoms with van der Waals surface area (Å²) in [5.74, 6) is 0.0996. The number of halogens is 1. The molecule has 4 aromatic rings. The second kappa shape index (κ2) is 8.51. The zero-order valence-corrected chi connectivity index (χ0v) is 17.5. The molecule has 0 aliphatic carbocycles. The van der Waals surface area contributed by atoms with E-state index in [2.05, 4.69) is 15.2 Å². The van der Waals surface area contributed by atoms with E-state index in [0.717, 1.165) is 16.8 Å². The van der Waals surface area contributed by atoms with Crippen molar-refractivity contribution in [3.05, 3.63) is 77.8 Å². The Hall–Kier alpha value is -3.81. The van der Waals surface area contributed by atoms with E-state index in [1.54, 1.807) is 44.8 Å². The number of hydrogen-bond donors (Lipinski definition) is 0. The molecular weight excluding hydrogens is 397 g/mol. The highest BCUT2D eigenvalue weighted by Gasteiger charge is 2.15. The number of aryl methyl sites for hydroxylation is 1. The molecule has 0 saturated carbocycles. The number of ether oxygens (including phenoxy) is 1. The van der Waals surface area contributed by atoms with E-state index in [-0.39, 0.29) is 11.7 Å². The molecule has 3 aromatic heterocycles. The van der Waals surface area contributed by atoms with Gasteiger partial charge in [-0.2, -0.15) is 0 Å². The summed E-state index contributed by atoms with van der Waals surface area (Å²) in [5, 5.41) is 8.32. The molecule has 7 nitrogen and oxygen atoms in total. The molecule has 1 amide bonds. The zero-order chi connectivity index (χ0) is 22.0. The van der Waals surface area contributed by atoms with Crippen molar-refractivity contribution < 1.29 is 13.9 Å². The fourth-order valence-corrected chi connectivity index (χ4v) is 3.53. The minimum absolute atomic E-state index is 0.155. The van der Waals surface area contributed by atoms with E-state index in [1.165, 1.54) is 18.1 Å². The number of rotatable bonds is 6. The van der Waals surface area contributed by atoms with E-state index in [0.29, 0.717) is 35.5 Å². The van der Waals surface area contributed by atoms with Crippen LogP contribution in [-0.4, -0.2) is 51.6 Å². The molecule has 0 fully saturated rings. The Bertz CT molecular complexity index is 1230. The maximum absolute atomic E-state index is 14.3. The van der Waals surface area contributed by atoms with Gasteiger partial charge in [0.15, 0.2) is 5.65 Å². The lowest BCUT2D eigenvalue weighted by molar-refractivity contribution is 0.0822. The van der Waals surface area contributed by atoms with E-state index < -0.39 is 0 Å². The summed E-state index contributed by atoms with van der Waals surface area (Å²) >= 11 is 0. The first-order valence-electron chi connectivity index (χ1n) is 9.80. The molecular formula is C23H22FN5O2. The molecule has 1 aromatic carbocycles. The average molecular weight is 419 g/mol. The summed E-state index contributed by atoms with van der Waals surface area (Å²) in [7, 11) is 4.91. The van der Waals surface area contributed by atoms with Gasteiger partial charge in [0.25, 0.3) is 5.91 Å². The van der Waals surface area contributed by atoms with Gasteiger partial charge < -0.3 is 9.64 Å². The molecule has 0 aliphatic rings. The molecule has 0 saturated heterocycles. The summed E-state index contributed by atoms with van der Waals surface area (Å²) < 4.78 is 21.5. The average Bonchev–Trinajstić information content (AvgIpc) is 3.28. The van der Waals surface area contributed by atoms with Crippen molar-refractivity contribution >= 4 is 11.6 Å². The number of aromatic nitrogens is 4. The van der Waals surface area contributed by atoms with E-state index in [1.807, 2.05) is 22.6 Å². The topological polar surface area (TPSA) is 72.6 Å². The van der Waals surface area contributed by atoms with Crippen molar-refractivity contribution in [2.45, 2.75) is 12.8 Å². The largest absolute Gasteiger partial charge is 0.496 e. The molecule has 8 heteroatoms. The van der Waals surface area contributed by atoms with Crippen molar-refractivity contribution in [1.29, 1.82) is 0 Å². The molecule has 31 heavy (non-hydrogen) atoms. The van der Waals surface area contributed by atoms with Crippen molar-refractivity contribution in [3.63, 3.8) is 0 Å². The smallest absolute Gasteiger partial charge is 0.271 e. The predicted molar refractivity (Wildman–Crippen MR) is 115 cm³/mol. The van der Waals surface area contributed by atoms with Crippen LogP contribution in [0.3, 0.4) is 0 Å². The normalized spacial score (nSPS) is 11.0. The number of nitrogens with zero attached hydrogens (tertiary/aromatic N) is 5. The fourth-order valence-electron chi connectivity index (χ4n) is 3.53. The van der Waals surface area contributed by atoms with Crippen molar-refractivity contribution in [1.82, 2.24) is 24.5 Å². The number of pyridine rings is 2. The number of hydrogen-bond acceptors (Lipinski definition) is 5. The van der Waals surface area contributed by atoms with E-state index in [9.17, 15) is 9.18 Å². The number of fused-ring (bicyclic) bond motifs is 1. The third-order valence-corrected chi connectivity index (χ3v) is 5.17. The molecule has 0 spiro atoms. The summed E-state index contributed by atoms with van der Waals surface area (Å²) in [6.45, 7) is 0. The predicted octanol–water partition coefficient (Wildman–Crippen LogP) is 3.43. The van der Waals surface area contributed by atoms with Gasteiger partial charge in [-0.25, -0.2) is 4.39 Å².